The largest absolute Gasteiger partial charge is 0.481 e. The summed E-state index contributed by atoms with van der Waals surface area (Å²) in [5.41, 5.74) is 2.81. The molecule has 0 saturated carbocycles. The number of carboxylic acid groups (broad SMARTS) is 1. The molecule has 1 aromatic carbocycles. The van der Waals surface area contributed by atoms with Gasteiger partial charge in [0.2, 0.25) is 0 Å². The van der Waals surface area contributed by atoms with Gasteiger partial charge in [0.25, 0.3) is 0 Å². The van der Waals surface area contributed by atoms with E-state index >= 15 is 0 Å². The first-order valence-electron chi connectivity index (χ1n) is 6.32. The second-order valence-electron chi connectivity index (χ2n) is 4.75. The summed E-state index contributed by atoms with van der Waals surface area (Å²) in [6.07, 6.45) is 2.49. The van der Waals surface area contributed by atoms with E-state index in [1.54, 1.807) is 0 Å². The molecule has 1 aromatic rings. The Kier molecular flexibility index (Phi) is 4.20. The molecule has 0 aliphatic carbocycles. The highest BCUT2D eigenvalue weighted by atomic mass is 16.5. The summed E-state index contributed by atoms with van der Waals surface area (Å²) < 4.78 is 5.54. The molecular weight excluding hydrogens is 230 g/mol. The Hall–Kier alpha value is -1.55. The molecule has 0 aromatic heterocycles. The molecule has 0 radical (unpaired) electrons. The van der Waals surface area contributed by atoms with Gasteiger partial charge in [-0.2, -0.15) is 0 Å². The zero-order valence-corrected chi connectivity index (χ0v) is 10.6. The van der Waals surface area contributed by atoms with Gasteiger partial charge in [0.05, 0.1) is 12.5 Å². The molecule has 1 fully saturated rings. The highest BCUT2D eigenvalue weighted by molar-refractivity contribution is 5.73. The molecule has 1 aliphatic rings. The molecule has 4 heteroatoms. The lowest BCUT2D eigenvalue weighted by molar-refractivity contribution is -0.136. The van der Waals surface area contributed by atoms with Crippen LogP contribution in [0.2, 0.25) is 0 Å². The molecule has 98 valence electrons. The van der Waals surface area contributed by atoms with Gasteiger partial charge >= 0.3 is 5.97 Å². The second-order valence-corrected chi connectivity index (χ2v) is 4.75. The number of hydrogen-bond donors (Lipinski definition) is 2. The van der Waals surface area contributed by atoms with Gasteiger partial charge < -0.3 is 15.2 Å². The van der Waals surface area contributed by atoms with E-state index in [2.05, 4.69) is 5.32 Å². The van der Waals surface area contributed by atoms with Gasteiger partial charge in [0.15, 0.2) is 0 Å². The number of carboxylic acids is 1. The fourth-order valence-electron chi connectivity index (χ4n) is 2.23. The van der Waals surface area contributed by atoms with Crippen molar-refractivity contribution in [3.05, 3.63) is 29.3 Å². The van der Waals surface area contributed by atoms with Crippen LogP contribution >= 0.6 is 0 Å². The lowest BCUT2D eigenvalue weighted by Crippen LogP contribution is -2.19. The molecule has 1 atom stereocenters. The van der Waals surface area contributed by atoms with Crippen molar-refractivity contribution >= 4 is 11.7 Å². The molecular formula is C14H19NO3. The Balaban J connectivity index is 2.03. The molecule has 0 bridgehead atoms. The second kappa shape index (κ2) is 5.87. The fraction of sp³-hybridized carbons (Fsp3) is 0.500. The summed E-state index contributed by atoms with van der Waals surface area (Å²) in [6, 6.07) is 5.86. The SMILES string of the molecule is Cc1ccc(NCC2CCCO2)c(CC(=O)O)c1. The number of hydrogen-bond acceptors (Lipinski definition) is 3. The number of anilines is 1. The normalized spacial score (nSPS) is 18.8. The summed E-state index contributed by atoms with van der Waals surface area (Å²) in [7, 11) is 0. The highest BCUT2D eigenvalue weighted by Crippen LogP contribution is 2.20. The van der Waals surface area contributed by atoms with E-state index in [9.17, 15) is 4.79 Å². The van der Waals surface area contributed by atoms with Gasteiger partial charge in [-0.15, -0.1) is 0 Å². The summed E-state index contributed by atoms with van der Waals surface area (Å²) in [4.78, 5) is 10.8. The number of aryl methyl sites for hydroxylation is 1. The number of benzene rings is 1. The van der Waals surface area contributed by atoms with Crippen LogP contribution in [0.3, 0.4) is 0 Å². The van der Waals surface area contributed by atoms with Gasteiger partial charge in [-0.25, -0.2) is 0 Å². The topological polar surface area (TPSA) is 58.6 Å². The third kappa shape index (κ3) is 3.47. The minimum absolute atomic E-state index is 0.0511. The predicted octanol–water partition coefficient (Wildman–Crippen LogP) is 2.21. The quantitative estimate of drug-likeness (QED) is 0.840. The van der Waals surface area contributed by atoms with Crippen molar-refractivity contribution < 1.29 is 14.6 Å². The number of rotatable bonds is 5. The third-order valence-electron chi connectivity index (χ3n) is 3.15. The van der Waals surface area contributed by atoms with Crippen LogP contribution in [0.1, 0.15) is 24.0 Å². The van der Waals surface area contributed by atoms with E-state index in [-0.39, 0.29) is 12.5 Å². The first-order valence-corrected chi connectivity index (χ1v) is 6.32. The van der Waals surface area contributed by atoms with Gasteiger partial charge in [0, 0.05) is 18.8 Å². The van der Waals surface area contributed by atoms with Crippen LogP contribution in [0.4, 0.5) is 5.69 Å². The van der Waals surface area contributed by atoms with E-state index in [0.29, 0.717) is 0 Å². The lowest BCUT2D eigenvalue weighted by Gasteiger charge is -2.15. The standard InChI is InChI=1S/C14H19NO3/c1-10-4-5-13(11(7-10)8-14(16)17)15-9-12-3-2-6-18-12/h4-5,7,12,15H,2-3,6,8-9H2,1H3,(H,16,17). The lowest BCUT2D eigenvalue weighted by atomic mass is 10.1. The molecule has 1 heterocycles. The van der Waals surface area contributed by atoms with E-state index in [4.69, 9.17) is 9.84 Å². The van der Waals surface area contributed by atoms with Crippen molar-refractivity contribution in [1.29, 1.82) is 0 Å². The van der Waals surface area contributed by atoms with Crippen molar-refractivity contribution in [2.75, 3.05) is 18.5 Å². The number of aliphatic carboxylic acids is 1. The maximum Gasteiger partial charge on any atom is 0.307 e. The monoisotopic (exact) mass is 249 g/mol. The first-order chi connectivity index (χ1) is 8.65. The van der Waals surface area contributed by atoms with Crippen molar-refractivity contribution in [3.63, 3.8) is 0 Å². The van der Waals surface area contributed by atoms with Crippen LogP contribution in [-0.2, 0) is 16.0 Å². The average molecular weight is 249 g/mol. The molecule has 2 rings (SSSR count). The van der Waals surface area contributed by atoms with Crippen LogP contribution < -0.4 is 5.32 Å². The molecule has 1 saturated heterocycles. The van der Waals surface area contributed by atoms with Crippen LogP contribution in [-0.4, -0.2) is 30.3 Å². The van der Waals surface area contributed by atoms with Crippen molar-refractivity contribution in [3.8, 4) is 0 Å². The molecule has 1 aliphatic heterocycles. The van der Waals surface area contributed by atoms with E-state index in [0.717, 1.165) is 42.8 Å². The van der Waals surface area contributed by atoms with Gasteiger partial charge in [-0.3, -0.25) is 4.79 Å². The first kappa shape index (κ1) is 12.9. The average Bonchev–Trinajstić information content (AvgIpc) is 2.80. The van der Waals surface area contributed by atoms with Crippen molar-refractivity contribution in [1.82, 2.24) is 0 Å². The Labute approximate surface area is 107 Å². The number of carbonyl (C=O) groups is 1. The molecule has 18 heavy (non-hydrogen) atoms. The minimum atomic E-state index is -0.805. The molecule has 4 nitrogen and oxygen atoms in total. The van der Waals surface area contributed by atoms with Crippen LogP contribution in [0.15, 0.2) is 18.2 Å². The number of nitrogens with one attached hydrogen (secondary N) is 1. The Morgan fingerprint density at radius 3 is 3.06 bits per heavy atom. The Morgan fingerprint density at radius 1 is 1.56 bits per heavy atom. The Morgan fingerprint density at radius 2 is 2.39 bits per heavy atom. The van der Waals surface area contributed by atoms with Crippen LogP contribution in [0.5, 0.6) is 0 Å². The summed E-state index contributed by atoms with van der Waals surface area (Å²) >= 11 is 0. The molecule has 1 unspecified atom stereocenters. The van der Waals surface area contributed by atoms with Crippen molar-refractivity contribution in [2.45, 2.75) is 32.3 Å². The van der Waals surface area contributed by atoms with E-state index in [1.165, 1.54) is 0 Å². The van der Waals surface area contributed by atoms with Gasteiger partial charge in [0.1, 0.15) is 0 Å². The smallest absolute Gasteiger partial charge is 0.307 e. The van der Waals surface area contributed by atoms with Crippen LogP contribution in [0.25, 0.3) is 0 Å². The van der Waals surface area contributed by atoms with Crippen LogP contribution in [0, 0.1) is 6.92 Å². The third-order valence-corrected chi connectivity index (χ3v) is 3.15. The highest BCUT2D eigenvalue weighted by Gasteiger charge is 2.15. The van der Waals surface area contributed by atoms with Gasteiger partial charge in [-0.1, -0.05) is 17.7 Å². The maximum absolute atomic E-state index is 10.8. The van der Waals surface area contributed by atoms with E-state index < -0.39 is 5.97 Å². The molecule has 0 amide bonds. The summed E-state index contributed by atoms with van der Waals surface area (Å²) in [5.74, 6) is -0.805. The maximum atomic E-state index is 10.8. The fourth-order valence-corrected chi connectivity index (χ4v) is 2.23. The zero-order chi connectivity index (χ0) is 13.0. The van der Waals surface area contributed by atoms with E-state index in [1.807, 2.05) is 25.1 Å². The summed E-state index contributed by atoms with van der Waals surface area (Å²) in [6.45, 7) is 3.55. The predicted molar refractivity (Wildman–Crippen MR) is 70.0 cm³/mol. The summed E-state index contributed by atoms with van der Waals surface area (Å²) in [5, 5.41) is 12.2. The Bertz CT molecular complexity index is 425. The molecule has 2 N–H and O–H groups in total. The minimum Gasteiger partial charge on any atom is -0.481 e. The van der Waals surface area contributed by atoms with Crippen molar-refractivity contribution in [2.24, 2.45) is 0 Å². The molecule has 0 spiro atoms. The van der Waals surface area contributed by atoms with Gasteiger partial charge in [-0.05, 0) is 31.4 Å². The number of ether oxygens (including phenoxy) is 1. The zero-order valence-electron chi connectivity index (χ0n) is 10.6.